The highest BCUT2D eigenvalue weighted by atomic mass is 16.5. The topological polar surface area (TPSA) is 64.4 Å². The molecular formula is C31H43N3O3. The molecule has 1 aromatic carbocycles. The maximum Gasteiger partial charge on any atom is 0.305 e. The number of esters is 1. The molecule has 0 radical (unpaired) electrons. The van der Waals surface area contributed by atoms with E-state index in [1.807, 2.05) is 25.1 Å². The molecule has 6 rings (SSSR count). The molecule has 3 heterocycles. The Hall–Kier alpha value is -2.21. The summed E-state index contributed by atoms with van der Waals surface area (Å²) in [6.07, 6.45) is 16.1. The number of hydrogen-bond acceptors (Lipinski definition) is 5. The van der Waals surface area contributed by atoms with Gasteiger partial charge in [-0.05, 0) is 88.7 Å². The van der Waals surface area contributed by atoms with Gasteiger partial charge < -0.3 is 9.30 Å². The van der Waals surface area contributed by atoms with Crippen LogP contribution in [0.3, 0.4) is 0 Å². The Labute approximate surface area is 220 Å². The molecule has 2 aromatic rings. The van der Waals surface area contributed by atoms with Crippen LogP contribution in [0.25, 0.3) is 11.0 Å². The van der Waals surface area contributed by atoms with Crippen LogP contribution in [0, 0.1) is 11.8 Å². The molecular weight excluding hydrogens is 462 g/mol. The van der Waals surface area contributed by atoms with Gasteiger partial charge in [-0.15, -0.1) is 0 Å². The van der Waals surface area contributed by atoms with E-state index >= 15 is 0 Å². The van der Waals surface area contributed by atoms with Crippen LogP contribution in [0.15, 0.2) is 29.1 Å². The monoisotopic (exact) mass is 505 g/mol. The van der Waals surface area contributed by atoms with Crippen molar-refractivity contribution in [2.24, 2.45) is 11.8 Å². The minimum atomic E-state index is -0.199. The Bertz CT molecular complexity index is 1150. The van der Waals surface area contributed by atoms with Crippen molar-refractivity contribution in [1.82, 2.24) is 14.5 Å². The Morgan fingerprint density at radius 1 is 0.919 bits per heavy atom. The predicted molar refractivity (Wildman–Crippen MR) is 146 cm³/mol. The Morgan fingerprint density at radius 2 is 1.62 bits per heavy atom. The second-order valence-corrected chi connectivity index (χ2v) is 12.2. The van der Waals surface area contributed by atoms with E-state index in [0.717, 1.165) is 41.8 Å². The molecule has 3 unspecified atom stereocenters. The molecule has 1 aromatic heterocycles. The number of nitrogens with zero attached hydrogens (tertiary/aromatic N) is 3. The summed E-state index contributed by atoms with van der Waals surface area (Å²) < 4.78 is 7.16. The third-order valence-electron chi connectivity index (χ3n) is 9.87. The van der Waals surface area contributed by atoms with E-state index in [1.165, 1.54) is 57.8 Å². The number of aryl methyl sites for hydroxylation is 1. The first kappa shape index (κ1) is 25.1. The summed E-state index contributed by atoms with van der Waals surface area (Å²) in [5.41, 5.74) is 2.49. The second-order valence-electron chi connectivity index (χ2n) is 12.2. The Kier molecular flexibility index (Phi) is 7.38. The SMILES string of the molecule is CCOC(=O)CCCc1nc2ccccc2n(C2C[C@H]3CC[C@@H](C2)N3C2CC3CCCCC(C3)C2)c1=O. The normalized spacial score (nSPS) is 31.8. The fraction of sp³-hybridized carbons (Fsp3) is 0.710. The maximum atomic E-state index is 13.8. The molecule has 2 saturated heterocycles. The number of piperidine rings is 1. The summed E-state index contributed by atoms with van der Waals surface area (Å²) in [5.74, 6) is 1.68. The van der Waals surface area contributed by atoms with Crippen molar-refractivity contribution in [2.75, 3.05) is 6.61 Å². The molecule has 2 saturated carbocycles. The molecule has 6 nitrogen and oxygen atoms in total. The van der Waals surface area contributed by atoms with Crippen molar-refractivity contribution in [3.63, 3.8) is 0 Å². The standard InChI is InChI=1S/C31H43N3O3/c1-2-37-30(35)13-7-11-28-31(36)34(29-12-6-5-10-27(29)32-28)26-19-23-14-15-24(20-26)33(23)25-17-21-8-3-4-9-22(16-21)18-25/h5-6,10,12,21-26H,2-4,7-9,11,13-20H2,1H3/t21?,22?,23-,24+,25?,26?. The lowest BCUT2D eigenvalue weighted by molar-refractivity contribution is -0.143. The Balaban J connectivity index is 1.23. The highest BCUT2D eigenvalue weighted by molar-refractivity contribution is 5.75. The van der Waals surface area contributed by atoms with Crippen LogP contribution < -0.4 is 5.56 Å². The second kappa shape index (κ2) is 10.9. The summed E-state index contributed by atoms with van der Waals surface area (Å²) >= 11 is 0. The maximum absolute atomic E-state index is 13.8. The van der Waals surface area contributed by atoms with Gasteiger partial charge in [-0.2, -0.15) is 0 Å². The number of fused-ring (bicyclic) bond motifs is 5. The van der Waals surface area contributed by atoms with Gasteiger partial charge in [0.25, 0.3) is 5.56 Å². The molecule has 6 heteroatoms. The van der Waals surface area contributed by atoms with Gasteiger partial charge in [-0.3, -0.25) is 14.5 Å². The van der Waals surface area contributed by atoms with Gasteiger partial charge in [-0.1, -0.05) is 37.8 Å². The fourth-order valence-corrected chi connectivity index (χ4v) is 8.46. The van der Waals surface area contributed by atoms with Crippen molar-refractivity contribution < 1.29 is 9.53 Å². The van der Waals surface area contributed by atoms with Crippen molar-refractivity contribution in [1.29, 1.82) is 0 Å². The minimum Gasteiger partial charge on any atom is -0.466 e. The molecule has 0 amide bonds. The van der Waals surface area contributed by atoms with Crippen LogP contribution in [0.5, 0.6) is 0 Å². The van der Waals surface area contributed by atoms with E-state index in [2.05, 4.69) is 15.5 Å². The van der Waals surface area contributed by atoms with Gasteiger partial charge in [0.15, 0.2) is 0 Å². The summed E-state index contributed by atoms with van der Waals surface area (Å²) in [6, 6.07) is 10.3. The molecule has 0 spiro atoms. The summed E-state index contributed by atoms with van der Waals surface area (Å²) in [6.45, 7) is 2.21. The molecule has 4 fully saturated rings. The zero-order valence-corrected chi connectivity index (χ0v) is 22.4. The fourth-order valence-electron chi connectivity index (χ4n) is 8.46. The average molecular weight is 506 g/mol. The first-order valence-corrected chi connectivity index (χ1v) is 15.0. The highest BCUT2D eigenvalue weighted by Crippen LogP contribution is 2.47. The van der Waals surface area contributed by atoms with Crippen LogP contribution in [0.4, 0.5) is 0 Å². The van der Waals surface area contributed by atoms with E-state index in [-0.39, 0.29) is 17.6 Å². The summed E-state index contributed by atoms with van der Waals surface area (Å²) in [4.78, 5) is 33.4. The largest absolute Gasteiger partial charge is 0.466 e. The van der Waals surface area contributed by atoms with Gasteiger partial charge in [0.2, 0.25) is 0 Å². The summed E-state index contributed by atoms with van der Waals surface area (Å²) in [5, 5.41) is 0. The first-order valence-electron chi connectivity index (χ1n) is 15.0. The molecule has 0 N–H and O–H groups in total. The number of aromatic nitrogens is 2. The van der Waals surface area contributed by atoms with Crippen LogP contribution in [0.2, 0.25) is 0 Å². The molecule has 2 aliphatic carbocycles. The third-order valence-corrected chi connectivity index (χ3v) is 9.87. The zero-order valence-electron chi connectivity index (χ0n) is 22.4. The predicted octanol–water partition coefficient (Wildman–Crippen LogP) is 5.81. The van der Waals surface area contributed by atoms with Gasteiger partial charge in [0.05, 0.1) is 17.6 Å². The van der Waals surface area contributed by atoms with Gasteiger partial charge in [0.1, 0.15) is 5.69 Å². The first-order chi connectivity index (χ1) is 18.1. The molecule has 200 valence electrons. The van der Waals surface area contributed by atoms with Crippen molar-refractivity contribution in [3.05, 3.63) is 40.3 Å². The number of ether oxygens (including phenoxy) is 1. The third kappa shape index (κ3) is 5.10. The van der Waals surface area contributed by atoms with E-state index in [4.69, 9.17) is 9.72 Å². The van der Waals surface area contributed by atoms with Crippen LogP contribution >= 0.6 is 0 Å². The molecule has 5 atom stereocenters. The number of hydrogen-bond donors (Lipinski definition) is 0. The number of carbonyl (C=O) groups is 1. The lowest BCUT2D eigenvalue weighted by atomic mass is 9.76. The van der Waals surface area contributed by atoms with Crippen LogP contribution in [0.1, 0.15) is 102 Å². The minimum absolute atomic E-state index is 0.0455. The Morgan fingerprint density at radius 3 is 2.32 bits per heavy atom. The van der Waals surface area contributed by atoms with E-state index in [0.29, 0.717) is 43.6 Å². The van der Waals surface area contributed by atoms with Crippen LogP contribution in [-0.2, 0) is 16.0 Å². The zero-order chi connectivity index (χ0) is 25.4. The molecule has 2 aliphatic heterocycles. The quantitative estimate of drug-likeness (QED) is 0.445. The van der Waals surface area contributed by atoms with Crippen molar-refractivity contribution in [2.45, 2.75) is 121 Å². The molecule has 4 aliphatic rings. The molecule has 37 heavy (non-hydrogen) atoms. The van der Waals surface area contributed by atoms with Crippen LogP contribution in [-0.4, -0.2) is 45.2 Å². The van der Waals surface area contributed by atoms with E-state index in [1.54, 1.807) is 0 Å². The number of rotatable bonds is 7. The average Bonchev–Trinajstić information content (AvgIpc) is 3.04. The van der Waals surface area contributed by atoms with E-state index < -0.39 is 0 Å². The van der Waals surface area contributed by atoms with Crippen molar-refractivity contribution in [3.8, 4) is 0 Å². The lowest BCUT2D eigenvalue weighted by Crippen LogP contribution is -2.52. The van der Waals surface area contributed by atoms with E-state index in [9.17, 15) is 9.59 Å². The lowest BCUT2D eigenvalue weighted by Gasteiger charge is -2.48. The highest BCUT2D eigenvalue weighted by Gasteiger charge is 2.46. The van der Waals surface area contributed by atoms with Gasteiger partial charge in [-0.25, -0.2) is 4.98 Å². The number of benzene rings is 1. The van der Waals surface area contributed by atoms with Gasteiger partial charge >= 0.3 is 5.97 Å². The molecule has 4 bridgehead atoms. The number of carbonyl (C=O) groups excluding carboxylic acids is 1. The smallest absolute Gasteiger partial charge is 0.305 e. The number of para-hydroxylation sites is 2. The van der Waals surface area contributed by atoms with Gasteiger partial charge in [0, 0.05) is 30.6 Å². The summed E-state index contributed by atoms with van der Waals surface area (Å²) in [7, 11) is 0. The van der Waals surface area contributed by atoms with Crippen molar-refractivity contribution >= 4 is 17.0 Å².